The van der Waals surface area contributed by atoms with Crippen LogP contribution < -0.4 is 5.32 Å². The summed E-state index contributed by atoms with van der Waals surface area (Å²) in [6.45, 7) is 0.870. The second kappa shape index (κ2) is 2.37. The molecule has 1 rings (SSSR count). The molecule has 8 heavy (non-hydrogen) atoms. The van der Waals surface area contributed by atoms with Crippen molar-refractivity contribution < 1.29 is 9.90 Å². The Kier molecular flexibility index (Phi) is 1.75. The van der Waals surface area contributed by atoms with Gasteiger partial charge >= 0.3 is 5.30 Å². The maximum Gasteiger partial charge on any atom is 0.524 e. The fourth-order valence-corrected chi connectivity index (χ4v) is 1.84. The molecule has 1 aliphatic heterocycles. The van der Waals surface area contributed by atoms with Gasteiger partial charge in [-0.1, -0.05) is 0 Å². The normalized spacial score (nSPS) is 28.2. The predicted molar refractivity (Wildman–Crippen MR) is 33.1 cm³/mol. The van der Waals surface area contributed by atoms with Gasteiger partial charge in [-0.15, -0.1) is 0 Å². The molecule has 0 aromatic heterocycles. The zero-order chi connectivity index (χ0) is 5.98. The molecule has 0 aromatic carbocycles. The first-order valence-corrected chi connectivity index (χ1v) is 3.98. The SMILES string of the molecule is O=C(O)[S+]1CCNC1. The Balaban J connectivity index is 2.35. The van der Waals surface area contributed by atoms with Crippen molar-refractivity contribution in [2.45, 2.75) is 0 Å². The summed E-state index contributed by atoms with van der Waals surface area (Å²) >= 11 is 0. The third-order valence-electron chi connectivity index (χ3n) is 1.05. The molecule has 1 unspecified atom stereocenters. The Morgan fingerprint density at radius 2 is 2.50 bits per heavy atom. The first-order chi connectivity index (χ1) is 3.80. The number of hydrogen-bond donors (Lipinski definition) is 2. The van der Waals surface area contributed by atoms with E-state index < -0.39 is 5.30 Å². The molecule has 0 spiro atoms. The molecule has 1 saturated heterocycles. The molecule has 1 fully saturated rings. The summed E-state index contributed by atoms with van der Waals surface area (Å²) in [7, 11) is -0.373. The highest BCUT2D eigenvalue weighted by atomic mass is 32.2. The predicted octanol–water partition coefficient (Wildman–Crippen LogP) is -0.157. The molecule has 0 saturated carbocycles. The van der Waals surface area contributed by atoms with Crippen molar-refractivity contribution in [3.8, 4) is 0 Å². The average molecular weight is 134 g/mol. The third-order valence-corrected chi connectivity index (χ3v) is 2.79. The van der Waals surface area contributed by atoms with E-state index >= 15 is 0 Å². The molecular formula is C4H8NO2S+. The number of carbonyl (C=O) groups is 1. The van der Waals surface area contributed by atoms with Crippen LogP contribution in [-0.2, 0) is 10.9 Å². The Labute approximate surface area is 50.4 Å². The first-order valence-electron chi connectivity index (χ1n) is 2.42. The fraction of sp³-hybridized carbons (Fsp3) is 0.750. The molecule has 0 aliphatic carbocycles. The van der Waals surface area contributed by atoms with Gasteiger partial charge < -0.3 is 5.11 Å². The van der Waals surface area contributed by atoms with Gasteiger partial charge in [0.05, 0.1) is 0 Å². The maximum absolute atomic E-state index is 10.2. The van der Waals surface area contributed by atoms with Crippen LogP contribution in [0.5, 0.6) is 0 Å². The van der Waals surface area contributed by atoms with Crippen LogP contribution in [-0.4, -0.2) is 28.6 Å². The van der Waals surface area contributed by atoms with E-state index in [1.807, 2.05) is 0 Å². The van der Waals surface area contributed by atoms with Crippen LogP contribution >= 0.6 is 0 Å². The second-order valence-corrected chi connectivity index (χ2v) is 3.64. The molecule has 2 N–H and O–H groups in total. The number of hydrogen-bond acceptors (Lipinski definition) is 2. The van der Waals surface area contributed by atoms with E-state index in [4.69, 9.17) is 5.11 Å². The van der Waals surface area contributed by atoms with Crippen LogP contribution in [0, 0.1) is 0 Å². The summed E-state index contributed by atoms with van der Waals surface area (Å²) in [6, 6.07) is 0. The van der Waals surface area contributed by atoms with Crippen molar-refractivity contribution in [1.29, 1.82) is 0 Å². The smallest absolute Gasteiger partial charge is 0.441 e. The summed E-state index contributed by atoms with van der Waals surface area (Å²) in [4.78, 5) is 10.2. The fourth-order valence-electron chi connectivity index (χ4n) is 0.612. The molecule has 1 atom stereocenters. The van der Waals surface area contributed by atoms with Crippen molar-refractivity contribution in [2.75, 3.05) is 18.2 Å². The highest BCUT2D eigenvalue weighted by Crippen LogP contribution is 2.00. The van der Waals surface area contributed by atoms with Crippen LogP contribution in [0.1, 0.15) is 0 Å². The number of nitrogens with one attached hydrogen (secondary N) is 1. The first kappa shape index (κ1) is 5.91. The molecule has 1 heterocycles. The maximum atomic E-state index is 10.2. The van der Waals surface area contributed by atoms with Gasteiger partial charge in [0.2, 0.25) is 0 Å². The van der Waals surface area contributed by atoms with E-state index in [1.54, 1.807) is 0 Å². The lowest BCUT2D eigenvalue weighted by Gasteiger charge is -1.85. The zero-order valence-electron chi connectivity index (χ0n) is 4.39. The molecule has 0 amide bonds. The quantitative estimate of drug-likeness (QED) is 0.453. The van der Waals surface area contributed by atoms with E-state index in [0.29, 0.717) is 5.88 Å². The standard InChI is InChI=1S/C4H7NO2S/c6-4(7)8-2-1-5-3-8/h5H,1-3H2/p+1. The van der Waals surface area contributed by atoms with Crippen LogP contribution in [0.3, 0.4) is 0 Å². The van der Waals surface area contributed by atoms with Gasteiger partial charge in [-0.25, -0.2) is 0 Å². The van der Waals surface area contributed by atoms with Gasteiger partial charge in [-0.2, -0.15) is 4.79 Å². The molecule has 3 nitrogen and oxygen atoms in total. The lowest BCUT2D eigenvalue weighted by atomic mass is 10.8. The van der Waals surface area contributed by atoms with Crippen LogP contribution in [0.2, 0.25) is 0 Å². The van der Waals surface area contributed by atoms with Crippen LogP contribution in [0.15, 0.2) is 0 Å². The van der Waals surface area contributed by atoms with Crippen molar-refractivity contribution in [3.05, 3.63) is 0 Å². The molecule has 46 valence electrons. The molecular weight excluding hydrogens is 126 g/mol. The van der Waals surface area contributed by atoms with E-state index in [0.717, 1.165) is 12.3 Å². The Morgan fingerprint density at radius 3 is 2.75 bits per heavy atom. The third kappa shape index (κ3) is 1.14. The summed E-state index contributed by atoms with van der Waals surface area (Å²) < 4.78 is 0. The lowest BCUT2D eigenvalue weighted by molar-refractivity contribution is 0.221. The van der Waals surface area contributed by atoms with Gasteiger partial charge in [0.25, 0.3) is 0 Å². The molecule has 0 aromatic rings. The summed E-state index contributed by atoms with van der Waals surface area (Å²) in [6.07, 6.45) is 0. The minimum atomic E-state index is -0.644. The Bertz CT molecular complexity index is 100. The molecule has 4 heteroatoms. The summed E-state index contributed by atoms with van der Waals surface area (Å²) in [5, 5.41) is 10.7. The number of carboxylic acid groups (broad SMARTS) is 1. The Hall–Kier alpha value is -0.220. The van der Waals surface area contributed by atoms with Gasteiger partial charge in [-0.05, 0) is 0 Å². The summed E-state index contributed by atoms with van der Waals surface area (Å²) in [5.74, 6) is 1.49. The summed E-state index contributed by atoms with van der Waals surface area (Å²) in [5.41, 5.74) is 0. The van der Waals surface area contributed by atoms with Gasteiger partial charge in [0.1, 0.15) is 16.6 Å². The lowest BCUT2D eigenvalue weighted by Crippen LogP contribution is -2.16. The van der Waals surface area contributed by atoms with E-state index in [-0.39, 0.29) is 10.9 Å². The van der Waals surface area contributed by atoms with Gasteiger partial charge in [-0.3, -0.25) is 5.32 Å². The average Bonchev–Trinajstić information content (AvgIpc) is 2.12. The topological polar surface area (TPSA) is 49.3 Å². The minimum absolute atomic E-state index is 0.373. The van der Waals surface area contributed by atoms with Crippen molar-refractivity contribution in [3.63, 3.8) is 0 Å². The minimum Gasteiger partial charge on any atom is -0.441 e. The van der Waals surface area contributed by atoms with Crippen molar-refractivity contribution in [1.82, 2.24) is 5.32 Å². The largest absolute Gasteiger partial charge is 0.524 e. The Morgan fingerprint density at radius 1 is 1.75 bits per heavy atom. The van der Waals surface area contributed by atoms with Crippen LogP contribution in [0.4, 0.5) is 4.79 Å². The van der Waals surface area contributed by atoms with Crippen molar-refractivity contribution >= 4 is 16.2 Å². The second-order valence-electron chi connectivity index (χ2n) is 1.61. The van der Waals surface area contributed by atoms with E-state index in [1.165, 1.54) is 0 Å². The zero-order valence-corrected chi connectivity index (χ0v) is 5.20. The van der Waals surface area contributed by atoms with E-state index in [9.17, 15) is 4.79 Å². The molecule has 0 bridgehead atoms. The van der Waals surface area contributed by atoms with Gasteiger partial charge in [0, 0.05) is 6.54 Å². The van der Waals surface area contributed by atoms with Crippen LogP contribution in [0.25, 0.3) is 0 Å². The highest BCUT2D eigenvalue weighted by Gasteiger charge is 2.32. The van der Waals surface area contributed by atoms with Gasteiger partial charge in [0.15, 0.2) is 5.88 Å². The van der Waals surface area contributed by atoms with E-state index in [2.05, 4.69) is 5.32 Å². The van der Waals surface area contributed by atoms with Crippen molar-refractivity contribution in [2.24, 2.45) is 0 Å². The molecule has 1 aliphatic rings. The monoisotopic (exact) mass is 134 g/mol. The molecule has 0 radical (unpaired) electrons. The number of rotatable bonds is 0. The highest BCUT2D eigenvalue weighted by molar-refractivity contribution is 8.10.